The molecular formula is C8H7ClF2N4S. The molecule has 4 nitrogen and oxygen atoms in total. The largest absolute Gasteiger partial charge is 0.364 e. The SMILES string of the molecule is CSc1nc2nc(C(F)(F)Cl)cc(C)n2n1. The van der Waals surface area contributed by atoms with Gasteiger partial charge in [-0.1, -0.05) is 11.8 Å². The van der Waals surface area contributed by atoms with Crippen LogP contribution in [0.4, 0.5) is 8.78 Å². The summed E-state index contributed by atoms with van der Waals surface area (Å²) in [5, 5.41) is 1.06. The summed E-state index contributed by atoms with van der Waals surface area (Å²) in [6.45, 7) is 1.64. The predicted octanol–water partition coefficient (Wildman–Crippen LogP) is 2.44. The molecule has 0 bridgehead atoms. The maximum atomic E-state index is 12.9. The minimum absolute atomic E-state index is 0.125. The Bertz CT molecular complexity index is 537. The molecule has 86 valence electrons. The van der Waals surface area contributed by atoms with Gasteiger partial charge in [-0.3, -0.25) is 0 Å². The topological polar surface area (TPSA) is 43.1 Å². The molecule has 16 heavy (non-hydrogen) atoms. The first-order valence-corrected chi connectivity index (χ1v) is 5.87. The zero-order valence-corrected chi connectivity index (χ0v) is 9.98. The number of alkyl halides is 3. The van der Waals surface area contributed by atoms with E-state index in [1.807, 2.05) is 0 Å². The van der Waals surface area contributed by atoms with Gasteiger partial charge in [-0.2, -0.15) is 13.8 Å². The first-order valence-electron chi connectivity index (χ1n) is 4.27. The number of nitrogens with zero attached hydrogens (tertiary/aromatic N) is 4. The van der Waals surface area contributed by atoms with E-state index in [1.54, 1.807) is 13.2 Å². The van der Waals surface area contributed by atoms with Crippen molar-refractivity contribution in [1.82, 2.24) is 19.6 Å². The number of aryl methyl sites for hydroxylation is 1. The number of halogens is 3. The second-order valence-electron chi connectivity index (χ2n) is 3.09. The van der Waals surface area contributed by atoms with Gasteiger partial charge in [0.05, 0.1) is 0 Å². The average Bonchev–Trinajstić information content (AvgIpc) is 2.59. The lowest BCUT2D eigenvalue weighted by Gasteiger charge is -2.07. The fourth-order valence-corrected chi connectivity index (χ4v) is 1.66. The molecule has 0 saturated heterocycles. The quantitative estimate of drug-likeness (QED) is 0.617. The fourth-order valence-electron chi connectivity index (χ4n) is 1.23. The highest BCUT2D eigenvalue weighted by atomic mass is 35.5. The molecule has 2 aromatic rings. The van der Waals surface area contributed by atoms with Crippen LogP contribution < -0.4 is 0 Å². The molecule has 0 aromatic carbocycles. The van der Waals surface area contributed by atoms with Gasteiger partial charge in [0.1, 0.15) is 5.69 Å². The van der Waals surface area contributed by atoms with Crippen LogP contribution in [0.25, 0.3) is 5.78 Å². The monoisotopic (exact) mass is 264 g/mol. The lowest BCUT2D eigenvalue weighted by molar-refractivity contribution is 0.0900. The second kappa shape index (κ2) is 3.81. The number of thioether (sulfide) groups is 1. The molecule has 2 rings (SSSR count). The van der Waals surface area contributed by atoms with Gasteiger partial charge in [-0.15, -0.1) is 5.10 Å². The summed E-state index contributed by atoms with van der Waals surface area (Å²) >= 11 is 6.23. The minimum Gasteiger partial charge on any atom is -0.208 e. The Balaban J connectivity index is 2.67. The van der Waals surface area contributed by atoms with E-state index in [2.05, 4.69) is 15.1 Å². The molecule has 2 heterocycles. The number of fused-ring (bicyclic) bond motifs is 1. The van der Waals surface area contributed by atoms with Crippen molar-refractivity contribution in [2.45, 2.75) is 17.5 Å². The van der Waals surface area contributed by atoms with E-state index >= 15 is 0 Å². The van der Waals surface area contributed by atoms with E-state index in [4.69, 9.17) is 11.6 Å². The molecule has 0 radical (unpaired) electrons. The van der Waals surface area contributed by atoms with Crippen LogP contribution in [0.15, 0.2) is 11.2 Å². The highest BCUT2D eigenvalue weighted by molar-refractivity contribution is 7.98. The van der Waals surface area contributed by atoms with Crippen molar-refractivity contribution >= 4 is 29.1 Å². The number of rotatable bonds is 2. The van der Waals surface area contributed by atoms with E-state index in [9.17, 15) is 8.78 Å². The molecule has 2 aromatic heterocycles. The van der Waals surface area contributed by atoms with Crippen molar-refractivity contribution in [3.8, 4) is 0 Å². The Hall–Kier alpha value is -0.950. The number of aromatic nitrogens is 4. The van der Waals surface area contributed by atoms with Gasteiger partial charge in [0.2, 0.25) is 5.16 Å². The summed E-state index contributed by atoms with van der Waals surface area (Å²) in [5.41, 5.74) is -0.00709. The zero-order valence-electron chi connectivity index (χ0n) is 8.41. The van der Waals surface area contributed by atoms with Crippen LogP contribution in [0.3, 0.4) is 0 Å². The van der Waals surface area contributed by atoms with Gasteiger partial charge in [-0.25, -0.2) is 9.50 Å². The Morgan fingerprint density at radius 1 is 1.44 bits per heavy atom. The van der Waals surface area contributed by atoms with E-state index in [0.717, 1.165) is 0 Å². The molecule has 0 saturated carbocycles. The number of hydrogen-bond donors (Lipinski definition) is 0. The molecule has 0 atom stereocenters. The standard InChI is InChI=1S/C8H7ClF2N4S/c1-4-3-5(8(9,10)11)12-6-13-7(16-2)14-15(4)6/h3H,1-2H3. The van der Waals surface area contributed by atoms with Crippen molar-refractivity contribution in [3.05, 3.63) is 17.5 Å². The molecule has 0 aliphatic rings. The molecule has 0 aliphatic carbocycles. The van der Waals surface area contributed by atoms with Gasteiger partial charge >= 0.3 is 5.38 Å². The van der Waals surface area contributed by atoms with Crippen LogP contribution in [0.2, 0.25) is 0 Å². The summed E-state index contributed by atoms with van der Waals surface area (Å²) in [6.07, 6.45) is 1.79. The van der Waals surface area contributed by atoms with Crippen LogP contribution in [-0.4, -0.2) is 25.8 Å². The minimum atomic E-state index is -3.49. The lowest BCUT2D eigenvalue weighted by Crippen LogP contribution is -2.09. The highest BCUT2D eigenvalue weighted by Gasteiger charge is 2.31. The molecule has 0 amide bonds. The van der Waals surface area contributed by atoms with E-state index in [1.165, 1.54) is 22.3 Å². The van der Waals surface area contributed by atoms with E-state index < -0.39 is 11.1 Å². The summed E-state index contributed by atoms with van der Waals surface area (Å²) in [7, 11) is 0. The third-order valence-electron chi connectivity index (χ3n) is 1.94. The average molecular weight is 265 g/mol. The first kappa shape index (κ1) is 11.5. The Morgan fingerprint density at radius 2 is 2.12 bits per heavy atom. The number of hydrogen-bond acceptors (Lipinski definition) is 4. The smallest absolute Gasteiger partial charge is 0.208 e. The van der Waals surface area contributed by atoms with Gasteiger partial charge in [-0.05, 0) is 30.8 Å². The van der Waals surface area contributed by atoms with Gasteiger partial charge in [0.15, 0.2) is 0 Å². The van der Waals surface area contributed by atoms with E-state index in [-0.39, 0.29) is 5.78 Å². The highest BCUT2D eigenvalue weighted by Crippen LogP contribution is 2.31. The Morgan fingerprint density at radius 3 is 2.69 bits per heavy atom. The first-order chi connectivity index (χ1) is 7.41. The third kappa shape index (κ3) is 1.97. The van der Waals surface area contributed by atoms with Crippen LogP contribution >= 0.6 is 23.4 Å². The maximum Gasteiger partial charge on any atom is 0.364 e. The van der Waals surface area contributed by atoms with Gasteiger partial charge < -0.3 is 0 Å². The summed E-state index contributed by atoms with van der Waals surface area (Å²) in [6, 6.07) is 1.19. The zero-order chi connectivity index (χ0) is 11.9. The predicted molar refractivity (Wildman–Crippen MR) is 57.0 cm³/mol. The van der Waals surface area contributed by atoms with Crippen LogP contribution in [-0.2, 0) is 5.38 Å². The van der Waals surface area contributed by atoms with Crippen molar-refractivity contribution in [3.63, 3.8) is 0 Å². The molecule has 0 fully saturated rings. The maximum absolute atomic E-state index is 12.9. The molecule has 0 unspecified atom stereocenters. The van der Waals surface area contributed by atoms with Crippen LogP contribution in [0, 0.1) is 6.92 Å². The van der Waals surface area contributed by atoms with Gasteiger partial charge in [0, 0.05) is 5.69 Å². The van der Waals surface area contributed by atoms with Gasteiger partial charge in [0.25, 0.3) is 5.78 Å². The Kier molecular flexibility index (Phi) is 2.75. The summed E-state index contributed by atoms with van der Waals surface area (Å²) < 4.78 is 27.2. The molecule has 8 heteroatoms. The Labute approximate surface area is 99.0 Å². The van der Waals surface area contributed by atoms with Crippen molar-refractivity contribution in [2.75, 3.05) is 6.26 Å². The van der Waals surface area contributed by atoms with Crippen molar-refractivity contribution < 1.29 is 8.78 Å². The van der Waals surface area contributed by atoms with Crippen molar-refractivity contribution in [1.29, 1.82) is 0 Å². The van der Waals surface area contributed by atoms with Crippen LogP contribution in [0.1, 0.15) is 11.4 Å². The fraction of sp³-hybridized carbons (Fsp3) is 0.375. The van der Waals surface area contributed by atoms with E-state index in [0.29, 0.717) is 10.9 Å². The normalized spacial score (nSPS) is 12.3. The van der Waals surface area contributed by atoms with Crippen molar-refractivity contribution in [2.24, 2.45) is 0 Å². The second-order valence-corrected chi connectivity index (χ2v) is 4.34. The third-order valence-corrected chi connectivity index (χ3v) is 2.68. The summed E-state index contributed by atoms with van der Waals surface area (Å²) in [4.78, 5) is 7.65. The molecular weight excluding hydrogens is 258 g/mol. The lowest BCUT2D eigenvalue weighted by atomic mass is 10.3. The molecule has 0 aliphatic heterocycles. The molecule has 0 spiro atoms. The summed E-state index contributed by atoms with van der Waals surface area (Å²) in [5.74, 6) is 0.125. The molecule has 0 N–H and O–H groups in total. The van der Waals surface area contributed by atoms with Crippen LogP contribution in [0.5, 0.6) is 0 Å².